The fourth-order valence-corrected chi connectivity index (χ4v) is 15.1. The predicted molar refractivity (Wildman–Crippen MR) is 550 cm³/mol. The number of ketones is 7. The quantitative estimate of drug-likeness (QED) is 0.0177. The van der Waals surface area contributed by atoms with Crippen molar-refractivity contribution < 1.29 is 64.3 Å². The lowest BCUT2D eigenvalue weighted by Crippen LogP contribution is -2.43. The fourth-order valence-electron chi connectivity index (χ4n) is 15.1. The Bertz CT molecular complexity index is 4330. The molecular weight excluding hydrogens is 1720 g/mol. The van der Waals surface area contributed by atoms with Crippen molar-refractivity contribution in [2.45, 2.75) is 383 Å². The largest absolute Gasteiger partial charge is 0.394 e. The summed E-state index contributed by atoms with van der Waals surface area (Å²) in [4.78, 5) is 82.0. The van der Waals surface area contributed by atoms with Crippen molar-refractivity contribution in [3.8, 4) is 0 Å². The van der Waals surface area contributed by atoms with Crippen LogP contribution in [0.4, 0.5) is 30.7 Å². The molecule has 0 aliphatic rings. The molecule has 0 saturated heterocycles. The number of hydrogen-bond donors (Lipinski definition) is 7. The van der Waals surface area contributed by atoms with Gasteiger partial charge in [0, 0.05) is 56.6 Å². The molecule has 8 atom stereocenters. The topological polar surface area (TPSA) is 204 Å². The Balaban J connectivity index is 0.000000794. The van der Waals surface area contributed by atoms with Crippen molar-refractivity contribution in [1.82, 2.24) is 37.2 Å². The summed E-state index contributed by atoms with van der Waals surface area (Å²) in [6.45, 7) is 53.0. The standard InChI is InChI=1S/C18H29NO.C17H25F2NO.2C17H27NO.C16H25NO.C15H20F3NO.C15H21F2NO/c1-5-6-12-18(3,4)13-17(15(2)20)19-14-16-10-8-7-9-11-16;1-4-10-17(3,16(18)19)11-15(13(2)21)20-12-14-8-6-5-7-9-14;1-13(2)17(4,5)11-16(14(3)19)18-12-15-9-7-6-8-10-15;1-5-11-17(3,4)12-16(14(2)19)18-13-15-9-7-6-8-10-15;1-5-16(3,4)11-15(13(2)18)17-12-14-9-7-6-8-10-14;1-11(20)13(9-14(2,3)15(16,17)18)19-10-12-7-5-4-6-8-12;1-11(19)13(9-15(2,3)14(16)17)18-10-12-7-5-4-6-8-12/h7-11,17,19H,5-6,12-14H2,1-4H3;5-9,15-16,20H,4,10-12H2,1-3H3;6-10,13,16,18H,11-12H2,1-5H3;6-10,16,18H,5,11-13H2,1-4H3;6-10,15,17H,5,11-12H2,1-4H3;4-8,13,19H,9-10H2,1-3H3;4-8,13-14,18H,9-10H2,1-3H3. The lowest BCUT2D eigenvalue weighted by Gasteiger charge is -2.33. The monoisotopic (exact) mass is 1900 g/mol. The van der Waals surface area contributed by atoms with Crippen LogP contribution in [0.15, 0.2) is 212 Å². The second-order valence-electron chi connectivity index (χ2n) is 41.9. The van der Waals surface area contributed by atoms with Gasteiger partial charge in [-0.15, -0.1) is 0 Å². The van der Waals surface area contributed by atoms with E-state index in [2.05, 4.69) is 176 Å². The first-order valence-electron chi connectivity index (χ1n) is 49.1. The maximum absolute atomic E-state index is 13.3. The average molecular weight is 1900 g/mol. The van der Waals surface area contributed by atoms with Crippen LogP contribution in [0.3, 0.4) is 0 Å². The molecule has 7 aromatic rings. The summed E-state index contributed by atoms with van der Waals surface area (Å²) in [5.41, 5.74) is 4.53. The first-order valence-corrected chi connectivity index (χ1v) is 49.1. The van der Waals surface area contributed by atoms with E-state index in [-0.39, 0.29) is 106 Å². The molecule has 14 nitrogen and oxygen atoms in total. The summed E-state index contributed by atoms with van der Waals surface area (Å²) < 4.78 is 91.0. The SMILES string of the molecule is CC(=O)C(CC(C)(C)C(C)C)NCc1ccccc1.CC(=O)C(CC(C)(C)C(F)(F)F)NCc1ccccc1.CC(=O)C(CC(C)(C)C(F)F)NCc1ccccc1.CCC(C)(C)CC(NCc1ccccc1)C(C)=O.CCCC(C)(C)CC(NCc1ccccc1)C(C)=O.CCCC(C)(CC(NCc1ccccc1)C(C)=O)C(F)F.CCCCC(C)(C)CC(NCc1ccccc1)C(C)=O. The second kappa shape index (κ2) is 64.7. The second-order valence-corrected chi connectivity index (χ2v) is 41.9. The molecule has 0 aliphatic heterocycles. The first-order chi connectivity index (χ1) is 63.5. The van der Waals surface area contributed by atoms with Crippen molar-refractivity contribution in [3.05, 3.63) is 251 Å². The fraction of sp³-hybridized carbons (Fsp3) is 0.574. The molecule has 8 unspecified atom stereocenters. The molecule has 0 saturated carbocycles. The van der Waals surface area contributed by atoms with Gasteiger partial charge in [0.05, 0.1) is 47.7 Å². The van der Waals surface area contributed by atoms with Crippen LogP contribution in [-0.4, -0.2) is 102 Å². The lowest BCUT2D eigenvalue weighted by molar-refractivity contribution is -0.215. The van der Waals surface area contributed by atoms with Crippen molar-refractivity contribution in [3.63, 3.8) is 0 Å². The Hall–Kier alpha value is -8.54. The van der Waals surface area contributed by atoms with E-state index < -0.39 is 53.4 Å². The van der Waals surface area contributed by atoms with Crippen LogP contribution in [0.2, 0.25) is 0 Å². The minimum absolute atomic E-state index is 0.0398. The highest BCUT2D eigenvalue weighted by atomic mass is 19.4. The van der Waals surface area contributed by atoms with Gasteiger partial charge in [-0.3, -0.25) is 33.6 Å². The molecule has 0 spiro atoms. The average Bonchev–Trinajstić information content (AvgIpc) is 0.824. The van der Waals surface area contributed by atoms with E-state index in [0.717, 1.165) is 102 Å². The van der Waals surface area contributed by atoms with Gasteiger partial charge in [0.25, 0.3) is 0 Å². The van der Waals surface area contributed by atoms with E-state index in [1.54, 1.807) is 34.6 Å². The van der Waals surface area contributed by atoms with E-state index >= 15 is 0 Å². The van der Waals surface area contributed by atoms with E-state index in [1.165, 1.54) is 76.1 Å². The van der Waals surface area contributed by atoms with Crippen molar-refractivity contribution in [2.75, 3.05) is 0 Å². The van der Waals surface area contributed by atoms with Gasteiger partial charge in [-0.05, 0) is 179 Å². The van der Waals surface area contributed by atoms with Gasteiger partial charge in [-0.25, -0.2) is 17.6 Å². The van der Waals surface area contributed by atoms with Gasteiger partial charge in [-0.2, -0.15) is 13.2 Å². The Labute approximate surface area is 816 Å². The number of carbonyl (C=O) groups excluding carboxylic acids is 7. The van der Waals surface area contributed by atoms with Gasteiger partial charge in [-0.1, -0.05) is 376 Å². The maximum atomic E-state index is 13.3. The highest BCUT2D eigenvalue weighted by Gasteiger charge is 2.49. The molecular formula is C115H174F7N7O7. The molecule has 7 aromatic carbocycles. The molecule has 0 heterocycles. The van der Waals surface area contributed by atoms with E-state index in [0.29, 0.717) is 38.4 Å². The van der Waals surface area contributed by atoms with Gasteiger partial charge < -0.3 is 37.2 Å². The summed E-state index contributed by atoms with van der Waals surface area (Å²) in [6.07, 6.45) is 2.58. The molecule has 7 rings (SSSR count). The Morgan fingerprint density at radius 3 is 0.676 bits per heavy atom. The number of halogens is 7. The number of benzene rings is 7. The normalized spacial score (nSPS) is 13.9. The van der Waals surface area contributed by atoms with Gasteiger partial charge in [0.15, 0.2) is 0 Å². The lowest BCUT2D eigenvalue weighted by atomic mass is 9.75. The number of hydrogen-bond acceptors (Lipinski definition) is 14. The summed E-state index contributed by atoms with van der Waals surface area (Å²) in [5, 5.41) is 22.7. The van der Waals surface area contributed by atoms with Gasteiger partial charge in [0.2, 0.25) is 12.9 Å². The molecule has 136 heavy (non-hydrogen) atoms. The minimum Gasteiger partial charge on any atom is -0.303 e. The van der Waals surface area contributed by atoms with E-state index in [4.69, 9.17) is 0 Å². The minimum atomic E-state index is -4.32. The zero-order valence-corrected chi connectivity index (χ0v) is 87.5. The van der Waals surface area contributed by atoms with Crippen LogP contribution in [0.5, 0.6) is 0 Å². The summed E-state index contributed by atoms with van der Waals surface area (Å²) >= 11 is 0. The van der Waals surface area contributed by atoms with Crippen LogP contribution in [0, 0.1) is 43.8 Å². The van der Waals surface area contributed by atoms with Crippen molar-refractivity contribution in [2.24, 2.45) is 43.8 Å². The smallest absolute Gasteiger partial charge is 0.303 e. The maximum Gasteiger partial charge on any atom is 0.394 e. The summed E-state index contributed by atoms with van der Waals surface area (Å²) in [6, 6.07) is 67.4. The third kappa shape index (κ3) is 54.7. The van der Waals surface area contributed by atoms with Crippen molar-refractivity contribution in [1.29, 1.82) is 0 Å². The first kappa shape index (κ1) is 125. The highest BCUT2D eigenvalue weighted by Crippen LogP contribution is 2.42. The molecule has 0 aromatic heterocycles. The van der Waals surface area contributed by atoms with Crippen LogP contribution >= 0.6 is 0 Å². The van der Waals surface area contributed by atoms with Crippen LogP contribution < -0.4 is 37.2 Å². The Morgan fingerprint density at radius 1 is 0.265 bits per heavy atom. The predicted octanol–water partition coefficient (Wildman–Crippen LogP) is 27.0. The zero-order chi connectivity index (χ0) is 103. The number of rotatable bonds is 53. The molecule has 21 heteroatoms. The molecule has 0 bridgehead atoms. The number of nitrogens with one attached hydrogen (secondary N) is 7. The van der Waals surface area contributed by atoms with E-state index in [9.17, 15) is 64.3 Å². The van der Waals surface area contributed by atoms with Crippen LogP contribution in [0.25, 0.3) is 0 Å². The number of alkyl halides is 7. The van der Waals surface area contributed by atoms with Gasteiger partial charge >= 0.3 is 6.18 Å². The van der Waals surface area contributed by atoms with E-state index in [1.807, 2.05) is 171 Å². The van der Waals surface area contributed by atoms with Crippen LogP contribution in [0.1, 0.15) is 315 Å². The number of carbonyl (C=O) groups is 7. The number of Topliss-reactive ketones (excluding diaryl/α,β-unsaturated/α-hetero) is 7. The highest BCUT2D eigenvalue weighted by molar-refractivity contribution is 5.84. The zero-order valence-electron chi connectivity index (χ0n) is 87.5. The third-order valence-electron chi connectivity index (χ3n) is 25.7. The van der Waals surface area contributed by atoms with Gasteiger partial charge in [0.1, 0.15) is 40.5 Å². The van der Waals surface area contributed by atoms with Crippen molar-refractivity contribution >= 4 is 40.5 Å². The molecule has 0 aliphatic carbocycles. The van der Waals surface area contributed by atoms with Crippen LogP contribution in [-0.2, 0) is 79.4 Å². The molecule has 0 fully saturated rings. The number of unbranched alkanes of at least 4 members (excludes halogenated alkanes) is 1. The summed E-state index contributed by atoms with van der Waals surface area (Å²) in [7, 11) is 0. The third-order valence-corrected chi connectivity index (χ3v) is 25.7. The molecule has 760 valence electrons. The molecule has 7 N–H and O–H groups in total. The Kier molecular flexibility index (Phi) is 59.6. The molecule has 0 amide bonds. The Morgan fingerprint density at radius 2 is 0.478 bits per heavy atom. The summed E-state index contributed by atoms with van der Waals surface area (Å²) in [5.74, 6) is 1.02. The molecule has 0 radical (unpaired) electrons.